The van der Waals surface area contributed by atoms with Crippen molar-refractivity contribution in [3.8, 4) is 28.3 Å². The van der Waals surface area contributed by atoms with E-state index in [0.29, 0.717) is 75.4 Å². The molecule has 0 unspecified atom stereocenters. The van der Waals surface area contributed by atoms with Gasteiger partial charge in [-0.2, -0.15) is 15.3 Å². The summed E-state index contributed by atoms with van der Waals surface area (Å²) in [5, 5.41) is 28.8. The fourth-order valence-corrected chi connectivity index (χ4v) is 19.7. The molecule has 0 spiro atoms. The van der Waals surface area contributed by atoms with E-state index in [9.17, 15) is 40.8 Å². The Morgan fingerprint density at radius 1 is 0.459 bits per heavy atom. The molecule has 9 aromatic carbocycles. The van der Waals surface area contributed by atoms with Crippen molar-refractivity contribution < 1.29 is 45.3 Å². The van der Waals surface area contributed by atoms with E-state index in [-0.39, 0.29) is 35.2 Å². The van der Waals surface area contributed by atoms with Gasteiger partial charge < -0.3 is 15.1 Å². The summed E-state index contributed by atoms with van der Waals surface area (Å²) in [5.74, 6) is 1.34. The molecule has 4 saturated heterocycles. The highest BCUT2D eigenvalue weighted by Gasteiger charge is 2.34. The molecule has 0 aliphatic carbocycles. The Morgan fingerprint density at radius 2 is 0.896 bits per heavy atom. The number of para-hydroxylation sites is 2. The van der Waals surface area contributed by atoms with Gasteiger partial charge in [-0.3, -0.25) is 38.7 Å². The minimum absolute atomic E-state index is 0.0591. The number of piperidine rings is 4. The van der Waals surface area contributed by atoms with Crippen LogP contribution in [0.2, 0.25) is 5.02 Å². The number of hydrogen-bond donors (Lipinski definition) is 2. The van der Waals surface area contributed by atoms with Crippen molar-refractivity contribution in [1.29, 1.82) is 0 Å². The van der Waals surface area contributed by atoms with E-state index in [1.165, 1.54) is 23.6 Å². The topological polar surface area (TPSA) is 272 Å². The number of carbonyl (C=O) groups excluding carboxylic acids is 5. The Kier molecular flexibility index (Phi) is 34.6. The minimum Gasteiger partial charge on any atom is -0.350 e. The van der Waals surface area contributed by atoms with Gasteiger partial charge >= 0.3 is 0 Å². The second-order valence-electron chi connectivity index (χ2n) is 36.6. The van der Waals surface area contributed by atoms with Crippen molar-refractivity contribution in [1.82, 2.24) is 69.7 Å². The maximum absolute atomic E-state index is 13.5. The Labute approximate surface area is 799 Å². The average molecular weight is 1880 g/mol. The molecular weight excluding hydrogens is 1750 g/mol. The second-order valence-corrected chi connectivity index (χ2v) is 41.1. The van der Waals surface area contributed by atoms with Crippen LogP contribution in [-0.4, -0.2) is 194 Å². The summed E-state index contributed by atoms with van der Waals surface area (Å²) in [7, 11) is -4.02. The summed E-state index contributed by atoms with van der Waals surface area (Å²) in [6.07, 6.45) is 20.3. The number of likely N-dealkylation sites (tertiary alicyclic amines) is 4. The lowest BCUT2D eigenvalue weighted by Crippen LogP contribution is -2.53. The molecule has 4 aliphatic heterocycles. The molecule has 0 saturated carbocycles. The highest BCUT2D eigenvalue weighted by atomic mass is 35.5. The van der Waals surface area contributed by atoms with Crippen molar-refractivity contribution in [2.75, 3.05) is 78.5 Å². The van der Waals surface area contributed by atoms with Gasteiger partial charge in [-0.15, -0.1) is 5.10 Å². The largest absolute Gasteiger partial charge is 0.350 e. The molecule has 4 fully saturated rings. The average Bonchev–Trinajstić information content (AvgIpc) is 1.64. The third kappa shape index (κ3) is 28.2. The van der Waals surface area contributed by atoms with Crippen LogP contribution in [0.15, 0.2) is 283 Å². The Balaban J connectivity index is 0.000000144. The van der Waals surface area contributed by atoms with Crippen LogP contribution < -0.4 is 10.6 Å². The number of halogens is 1. The zero-order chi connectivity index (χ0) is 94.9. The Hall–Kier alpha value is -12.3. The molecule has 2 N–H and O–H groups in total. The molecule has 4 aliphatic rings. The number of Topliss-reactive ketones (excluding diaryl/α,β-unsaturated/α-hetero) is 3. The lowest BCUT2D eigenvalue weighted by Gasteiger charge is -2.40. The number of benzene rings is 9. The smallest absolute Gasteiger partial charge is 0.273 e. The number of aryl methyl sites for hydroxylation is 1. The minimum atomic E-state index is -3.17. The third-order valence-corrected chi connectivity index (χ3v) is 28.5. The molecular formula is C108H125ClN15O9S2+. The van der Waals surface area contributed by atoms with Crippen LogP contribution >= 0.6 is 11.6 Å². The summed E-state index contributed by atoms with van der Waals surface area (Å²) >= 11 is 6.03. The number of aromatic nitrogens is 9. The predicted octanol–water partition coefficient (Wildman–Crippen LogP) is 18.3. The van der Waals surface area contributed by atoms with E-state index >= 15 is 0 Å². The van der Waals surface area contributed by atoms with Crippen LogP contribution in [0.1, 0.15) is 189 Å². The maximum atomic E-state index is 13.5. The highest BCUT2D eigenvalue weighted by Crippen LogP contribution is 2.34. The molecule has 13 aromatic rings. The monoisotopic (exact) mass is 1870 g/mol. The number of nitrogens with zero attached hydrogens (tertiary/aromatic N) is 13. The van der Waals surface area contributed by atoms with Crippen LogP contribution in [0.3, 0.4) is 0 Å². The zero-order valence-corrected chi connectivity index (χ0v) is 80.7. The first-order valence-electron chi connectivity index (χ1n) is 47.2. The number of carbonyl (C=O) groups is 5. The van der Waals surface area contributed by atoms with E-state index in [2.05, 4.69) is 102 Å². The third-order valence-electron chi connectivity index (χ3n) is 26.0. The van der Waals surface area contributed by atoms with Gasteiger partial charge in [-0.25, -0.2) is 35.6 Å². The van der Waals surface area contributed by atoms with Crippen LogP contribution in [0.4, 0.5) is 0 Å². The number of amides is 2. The summed E-state index contributed by atoms with van der Waals surface area (Å²) in [4.78, 5) is 71.6. The quantitative estimate of drug-likeness (QED) is 0.0293. The molecule has 0 radical (unpaired) electrons. The lowest BCUT2D eigenvalue weighted by atomic mass is 9.89. The van der Waals surface area contributed by atoms with E-state index < -0.39 is 19.7 Å². The van der Waals surface area contributed by atoms with Gasteiger partial charge in [0.2, 0.25) is 0 Å². The maximum Gasteiger partial charge on any atom is 0.273 e. The Morgan fingerprint density at radius 3 is 1.39 bits per heavy atom. The first-order chi connectivity index (χ1) is 65.2. The molecule has 27 heteroatoms. The molecule has 0 bridgehead atoms. The first-order valence-corrected chi connectivity index (χ1v) is 51.4. The normalized spacial score (nSPS) is 16.5. The van der Waals surface area contributed by atoms with Gasteiger partial charge in [0.1, 0.15) is 6.54 Å². The predicted molar refractivity (Wildman–Crippen MR) is 531 cm³/mol. The standard InChI is InChI=1S/C31H31N3O2.C27H32ClN3O3S.C26H32N4O.C24H29N5O3S/c1-23(35)26-14-12-25(13-15-26)22-33-18-16-24(17-19-33)20-30(36)29-21-32-34(28-10-6-3-7-11-28)31(29)27-8-4-2-5-9-27;1-3-4-26-25(18-29-31(26)23-9-7-22(28)8-10-23)27(32)17-20-13-15-30(16-14-20)19-21-5-11-24(12-6-21)35(2,33)34;1-3-10-24-19-25(28-29(24)23-13-8-5-9-14-23)26(31)27-22-15-17-30(2,18-16-22)20-21-11-6-4-7-12-21;1-33(31,32)22-9-7-21(8-10-22)16-28-13-11-19(12-14-28)15-25-24(30)23-18-29(27-26-23)17-20-5-3-2-4-6-20/h2-15,21,24H,16-20,22H2,1H3;5-12,18,20H,3-4,13-17,19H2,1-2H3;4-9,11-14,19,22H,3,10,15-18,20H2,1-2H3;2-10,18-19H,11-17H2,1H3,(H,25,30)/p+1. The highest BCUT2D eigenvalue weighted by molar-refractivity contribution is 7.91. The molecule has 135 heavy (non-hydrogen) atoms. The zero-order valence-electron chi connectivity index (χ0n) is 78.3. The van der Waals surface area contributed by atoms with Crippen LogP contribution in [0, 0.1) is 17.8 Å². The van der Waals surface area contributed by atoms with Gasteiger partial charge in [0.25, 0.3) is 11.8 Å². The summed E-state index contributed by atoms with van der Waals surface area (Å²) < 4.78 is 54.9. The van der Waals surface area contributed by atoms with Crippen molar-refractivity contribution in [2.24, 2.45) is 17.8 Å². The number of nitrogens with one attached hydrogen (secondary N) is 2. The SMILES string of the molecule is CC(=O)c1ccc(CN2CCC(CC(=O)c3cnn(-c4ccccc4)c3-c3ccccc3)CC2)cc1.CCCc1c(C(=O)CC2CCN(Cc3ccc(S(C)(=O)=O)cc3)CC2)cnn1-c1ccc(Cl)cc1.CCCc1cc(C(=O)NC2CC[N+](C)(Cc3ccccc3)CC2)nn1-c1ccccc1.CS(=O)(=O)c1ccc(CN2CCC(CNC(=O)c3cn(Cc4ccccc4)nn3)CC2)cc1. The molecule has 24 nitrogen and oxygen atoms in total. The summed E-state index contributed by atoms with van der Waals surface area (Å²) in [6.45, 7) is 18.4. The van der Waals surface area contributed by atoms with Gasteiger partial charge in [0.15, 0.2) is 48.4 Å². The number of quaternary nitrogens is 1. The molecule has 4 aromatic heterocycles. The van der Waals surface area contributed by atoms with Crippen molar-refractivity contribution >= 4 is 60.4 Å². The van der Waals surface area contributed by atoms with Crippen molar-refractivity contribution in [3.63, 3.8) is 0 Å². The number of hydrogen-bond acceptors (Lipinski definition) is 17. The van der Waals surface area contributed by atoms with Crippen molar-refractivity contribution in [3.05, 3.63) is 346 Å². The van der Waals surface area contributed by atoms with Gasteiger partial charge in [0, 0.05) is 97.8 Å². The molecule has 8 heterocycles. The molecule has 2 amide bonds. The number of ketones is 3. The molecule has 17 rings (SSSR count). The molecule has 0 atom stereocenters. The van der Waals surface area contributed by atoms with Gasteiger partial charge in [0.05, 0.1) is 94.6 Å². The van der Waals surface area contributed by atoms with Crippen LogP contribution in [-0.2, 0) is 65.2 Å². The van der Waals surface area contributed by atoms with Crippen LogP contribution in [0.25, 0.3) is 28.3 Å². The first kappa shape index (κ1) is 98.7. The van der Waals surface area contributed by atoms with Gasteiger partial charge in [-0.1, -0.05) is 219 Å². The van der Waals surface area contributed by atoms with E-state index in [4.69, 9.17) is 11.6 Å². The van der Waals surface area contributed by atoms with E-state index in [1.807, 2.05) is 214 Å². The van der Waals surface area contributed by atoms with Gasteiger partial charge in [-0.05, 0) is 216 Å². The fraction of sp³-hybridized carbons (Fsp3) is 0.352. The van der Waals surface area contributed by atoms with Crippen molar-refractivity contribution in [2.45, 2.75) is 159 Å². The summed E-state index contributed by atoms with van der Waals surface area (Å²) in [5.41, 5.74) is 15.7. The van der Waals surface area contributed by atoms with E-state index in [0.717, 1.165) is 228 Å². The lowest BCUT2D eigenvalue weighted by molar-refractivity contribution is -0.927. The molecule has 704 valence electrons. The number of rotatable bonds is 32. The van der Waals surface area contributed by atoms with E-state index in [1.54, 1.807) is 54.5 Å². The van der Waals surface area contributed by atoms with Crippen LogP contribution in [0.5, 0.6) is 0 Å². The summed E-state index contributed by atoms with van der Waals surface area (Å²) in [6, 6.07) is 82.5. The fourth-order valence-electron chi connectivity index (χ4n) is 18.3. The number of sulfone groups is 2. The Bertz CT molecular complexity index is 6270. The second kappa shape index (κ2) is 47.3.